The molecule has 11 rings (SSSR count). The lowest BCUT2D eigenvalue weighted by atomic mass is 9.93. The molecule has 0 aliphatic carbocycles. The van der Waals surface area contributed by atoms with E-state index in [2.05, 4.69) is 26.6 Å². The third-order valence-electron chi connectivity index (χ3n) is 25.0. The number of hydrogen-bond acceptors (Lipinski definition) is 56. The molecule has 137 heavy (non-hydrogen) atoms. The maximum Gasteiger partial charge on any atom is 0.217 e. The summed E-state index contributed by atoms with van der Waals surface area (Å²) in [6.45, 7) is -8.06. The fraction of sp³-hybridized carbons (Fsp3) is 0.934. The summed E-state index contributed by atoms with van der Waals surface area (Å²) < 4.78 is 126. The molecule has 5 amide bonds. The first-order valence-electron chi connectivity index (χ1n) is 43.6. The van der Waals surface area contributed by atoms with Crippen LogP contribution >= 0.6 is 0 Å². The van der Waals surface area contributed by atoms with Gasteiger partial charge < -0.3 is 279 Å². The lowest BCUT2D eigenvalue weighted by molar-refractivity contribution is -0.399. The molecular formula is C76H127N5O56. The van der Waals surface area contributed by atoms with Crippen LogP contribution in [0.4, 0.5) is 0 Å². The van der Waals surface area contributed by atoms with Crippen LogP contribution in [-0.2, 0) is 123 Å². The van der Waals surface area contributed by atoms with Gasteiger partial charge in [-0.1, -0.05) is 0 Å². The number of ether oxygens (including phenoxy) is 21. The summed E-state index contributed by atoms with van der Waals surface area (Å²) in [7, 11) is 0. The normalized spacial score (nSPS) is 48.9. The van der Waals surface area contributed by atoms with E-state index < -0.39 is 440 Å². The van der Waals surface area contributed by atoms with Gasteiger partial charge in [0.15, 0.2) is 69.2 Å². The van der Waals surface area contributed by atoms with Crippen LogP contribution in [0.1, 0.15) is 34.6 Å². The number of amides is 5. The van der Waals surface area contributed by atoms with E-state index in [1.54, 1.807) is 0 Å². The first-order chi connectivity index (χ1) is 64.8. The fourth-order valence-electron chi connectivity index (χ4n) is 17.7. The molecule has 0 aromatic heterocycles. The molecule has 0 spiro atoms. The predicted octanol–water partition coefficient (Wildman–Crippen LogP) is -24.3. The quantitative estimate of drug-likeness (QED) is 0.0277. The van der Waals surface area contributed by atoms with E-state index >= 15 is 0 Å². The summed E-state index contributed by atoms with van der Waals surface area (Å²) >= 11 is 0. The second-order valence-corrected chi connectivity index (χ2v) is 34.6. The van der Waals surface area contributed by atoms with Crippen molar-refractivity contribution in [3.63, 3.8) is 0 Å². The Kier molecular flexibility index (Phi) is 40.7. The van der Waals surface area contributed by atoms with Gasteiger partial charge in [0.25, 0.3) is 0 Å². The zero-order valence-corrected chi connectivity index (χ0v) is 73.6. The molecular weight excluding hydrogens is 1880 g/mol. The SMILES string of the molecule is CC(=O)N[C@@H]1[C@H](O[C@@H]2[C@@H](O[C@@H]3[C@H](O)[C@H](O[C@H]4[C@H](O)[C@@H](NC(C)=O)[C@H](O[C@H]5[C@H](O)[C@@H](NC(C)=O)[C@H](O)O[C@@H]5CO)O[C@@H]4CO)O[C@H](CO[C@H]4O[C@H](CO[C@@H]5O[C@H](CO)[C@@H](O)[C@H](O[C@@H]6O[C@H](CO)[C@H](O)[C@H](O)[C@H]6O)[C@H]5NC(C)=O)[C@@H](O)[C@H](O)[C@@H]4O[C@@H]4O[C@H](CO)[C@@H](O[C@@H]5O[C@H](CO)[C@H](O)[C@H](O)[C@H]5O)[C@H](O)[C@H]4NC(C)=O)[C@H]3O)O[C@H](CO)[C@@H](O)[C@@H]2O)O[C@H](CO)[C@@H](O[C@@H]2O[C@H](CO)[C@H](O)[C@H](O)[C@H]2O)[C@@H]1O. The second-order valence-electron chi connectivity index (χ2n) is 34.6. The molecule has 11 aliphatic heterocycles. The molecule has 11 heterocycles. The van der Waals surface area contributed by atoms with Crippen LogP contribution in [0.15, 0.2) is 0 Å². The molecule has 0 aromatic rings. The van der Waals surface area contributed by atoms with E-state index in [9.17, 15) is 177 Å². The van der Waals surface area contributed by atoms with Crippen LogP contribution in [0, 0.1) is 0 Å². The Bertz CT molecular complexity index is 3780. The molecule has 0 aromatic carbocycles. The van der Waals surface area contributed by atoms with E-state index in [1.807, 2.05) is 0 Å². The number of aliphatic hydroxyl groups excluding tert-OH is 30. The summed E-state index contributed by atoms with van der Waals surface area (Å²) in [5.74, 6) is -4.81. The summed E-state index contributed by atoms with van der Waals surface area (Å²) in [6.07, 6.45) is -108. The minimum atomic E-state index is -2.70. The Morgan fingerprint density at radius 2 is 0.416 bits per heavy atom. The molecule has 0 unspecified atom stereocenters. The van der Waals surface area contributed by atoms with Gasteiger partial charge in [0.05, 0.1) is 72.7 Å². The number of nitrogens with one attached hydrogen (secondary N) is 5. The Balaban J connectivity index is 0.973. The van der Waals surface area contributed by atoms with Gasteiger partial charge in [-0.15, -0.1) is 0 Å². The standard InChI is InChI=1S/C76H127N5O56/c1-17(91)77-33-45(103)58(27(11-87)119-66(33)116)130-68-34(78-18(2)92)46(104)61(30(14-90)125-68)133-74-57(115)63(135-76-65(52(110)41(99)25(9-85)124-76)137-70-36(80-20(4)94)48(106)60(29(13-89)127-70)132-72-55(113)50(108)39(97)23(7-83)122-72)44(102)32(128-74)16-118-75-64(136-69-35(79-19(3)93)47(105)59(28(12-88)126-69)131-71-54(112)49(107)38(96)22(6-82)121-71)53(111)42(100)31(129-75)15-117-67-37(81-21(5)95)62(43(101)26(10-86)120-67)134-73-56(114)51(109)40(98)24(8-84)123-73/h22-76,82-90,96-116H,6-16H2,1-5H3,(H,77,91)(H,78,92)(H,79,93)(H,80,94)(H,81,95)/t22-,23-,24-,25-,26-,27-,28-,29-,30-,31-,32-,33-,34-,35-,36+,37-,38+,39+,40+,41-,42-,43-,44-,45-,46-,47-,48-,49+,50+,51+,52+,53+,54-,55-,56-,57+,58-,59-,60-,61-,62-,63+,64+,65+,66-,67-,68+,69+,70+,71+,72+,73+,74+,75+,76-/m1/s1. The summed E-state index contributed by atoms with van der Waals surface area (Å²) in [4.78, 5) is 65.0. The van der Waals surface area contributed by atoms with Crippen LogP contribution in [0.5, 0.6) is 0 Å². The molecule has 61 heteroatoms. The average Bonchev–Trinajstić information content (AvgIpc) is 0.768. The maximum atomic E-state index is 13.2. The van der Waals surface area contributed by atoms with Crippen LogP contribution < -0.4 is 26.6 Å². The predicted molar refractivity (Wildman–Crippen MR) is 420 cm³/mol. The fourth-order valence-corrected chi connectivity index (χ4v) is 17.7. The van der Waals surface area contributed by atoms with Crippen molar-refractivity contribution in [3.8, 4) is 0 Å². The maximum absolute atomic E-state index is 13.2. The zero-order valence-electron chi connectivity index (χ0n) is 73.6. The number of hydrogen-bond donors (Lipinski definition) is 35. The summed E-state index contributed by atoms with van der Waals surface area (Å²) in [5.41, 5.74) is 0. The molecule has 0 radical (unpaired) electrons. The average molecular weight is 2010 g/mol. The monoisotopic (exact) mass is 2010 g/mol. The van der Waals surface area contributed by atoms with Crippen LogP contribution in [0.2, 0.25) is 0 Å². The van der Waals surface area contributed by atoms with E-state index in [-0.39, 0.29) is 0 Å². The molecule has 11 aliphatic rings. The molecule has 11 saturated heterocycles. The van der Waals surface area contributed by atoms with Gasteiger partial charge in [0, 0.05) is 34.6 Å². The van der Waals surface area contributed by atoms with Gasteiger partial charge in [0.1, 0.15) is 268 Å². The number of carbonyl (C=O) groups excluding carboxylic acids is 5. The lowest BCUT2D eigenvalue weighted by Gasteiger charge is -2.51. The summed E-state index contributed by atoms with van der Waals surface area (Å²) in [6, 6.07) is -9.69. The molecule has 0 saturated carbocycles. The van der Waals surface area contributed by atoms with Crippen molar-refractivity contribution >= 4 is 29.5 Å². The Morgan fingerprint density at radius 1 is 0.190 bits per heavy atom. The summed E-state index contributed by atoms with van der Waals surface area (Å²) in [5, 5.41) is 349. The number of aliphatic hydroxyl groups is 30. The highest BCUT2D eigenvalue weighted by Gasteiger charge is 2.63. The molecule has 55 atom stereocenters. The second kappa shape index (κ2) is 49.5. The first-order valence-corrected chi connectivity index (χ1v) is 43.6. The highest BCUT2D eigenvalue weighted by Crippen LogP contribution is 2.42. The first kappa shape index (κ1) is 113. The van der Waals surface area contributed by atoms with Crippen LogP contribution in [-0.4, -0.2) is 593 Å². The topological polar surface area (TPSA) is 946 Å². The van der Waals surface area contributed by atoms with Crippen molar-refractivity contribution in [2.24, 2.45) is 0 Å². The molecule has 11 fully saturated rings. The Labute approximate surface area is 775 Å². The van der Waals surface area contributed by atoms with E-state index in [4.69, 9.17) is 99.5 Å². The van der Waals surface area contributed by atoms with Gasteiger partial charge in [-0.25, -0.2) is 0 Å². The van der Waals surface area contributed by atoms with Gasteiger partial charge in [-0.3, -0.25) is 24.0 Å². The minimum absolute atomic E-state index is 0.828. The van der Waals surface area contributed by atoms with Crippen LogP contribution in [0.3, 0.4) is 0 Å². The Hall–Kier alpha value is -4.69. The number of rotatable bonds is 36. The van der Waals surface area contributed by atoms with Crippen molar-refractivity contribution in [1.82, 2.24) is 26.6 Å². The van der Waals surface area contributed by atoms with Crippen molar-refractivity contribution in [1.29, 1.82) is 0 Å². The molecule has 792 valence electrons. The highest BCUT2D eigenvalue weighted by atomic mass is 16.8. The third kappa shape index (κ3) is 25.2. The van der Waals surface area contributed by atoms with Crippen molar-refractivity contribution in [2.75, 3.05) is 72.7 Å². The number of carbonyl (C=O) groups is 5. The molecule has 61 nitrogen and oxygen atoms in total. The van der Waals surface area contributed by atoms with E-state index in [1.165, 1.54) is 0 Å². The highest BCUT2D eigenvalue weighted by molar-refractivity contribution is 5.75. The van der Waals surface area contributed by atoms with Gasteiger partial charge in [-0.05, 0) is 0 Å². The largest absolute Gasteiger partial charge is 0.394 e. The van der Waals surface area contributed by atoms with Gasteiger partial charge in [0.2, 0.25) is 29.5 Å². The zero-order chi connectivity index (χ0) is 101. The van der Waals surface area contributed by atoms with Crippen LogP contribution in [0.25, 0.3) is 0 Å². The van der Waals surface area contributed by atoms with E-state index in [0.29, 0.717) is 0 Å². The Morgan fingerprint density at radius 3 is 0.781 bits per heavy atom. The molecule has 0 bridgehead atoms. The van der Waals surface area contributed by atoms with Crippen molar-refractivity contribution in [2.45, 2.75) is 372 Å². The van der Waals surface area contributed by atoms with E-state index in [0.717, 1.165) is 34.6 Å². The van der Waals surface area contributed by atoms with Gasteiger partial charge in [-0.2, -0.15) is 0 Å². The lowest BCUT2D eigenvalue weighted by Crippen LogP contribution is -2.71. The van der Waals surface area contributed by atoms with Crippen molar-refractivity contribution in [3.05, 3.63) is 0 Å². The van der Waals surface area contributed by atoms with Crippen molar-refractivity contribution < 1.29 is 277 Å². The third-order valence-corrected chi connectivity index (χ3v) is 25.0. The molecule has 35 N–H and O–H groups in total. The smallest absolute Gasteiger partial charge is 0.217 e. The minimum Gasteiger partial charge on any atom is -0.394 e. The van der Waals surface area contributed by atoms with Gasteiger partial charge >= 0.3 is 0 Å².